The van der Waals surface area contributed by atoms with Gasteiger partial charge in [-0.25, -0.2) is 0 Å². The Morgan fingerprint density at radius 3 is 2.81 bits per heavy atom. The van der Waals surface area contributed by atoms with Gasteiger partial charge in [-0.15, -0.1) is 0 Å². The molecule has 94 valence electrons. The first-order chi connectivity index (χ1) is 7.72. The van der Waals surface area contributed by atoms with Crippen molar-refractivity contribution in [1.29, 1.82) is 0 Å². The summed E-state index contributed by atoms with van der Waals surface area (Å²) in [5.74, 6) is 1.61. The molecule has 4 heteroatoms. The molecule has 1 unspecified atom stereocenters. The fourth-order valence-electron chi connectivity index (χ4n) is 1.72. The van der Waals surface area contributed by atoms with Gasteiger partial charge in [0.15, 0.2) is 5.96 Å². The second kappa shape index (κ2) is 7.49. The van der Waals surface area contributed by atoms with E-state index in [0.29, 0.717) is 6.10 Å². The van der Waals surface area contributed by atoms with Crippen molar-refractivity contribution in [2.24, 2.45) is 10.9 Å². The fourth-order valence-corrected chi connectivity index (χ4v) is 1.72. The van der Waals surface area contributed by atoms with Crippen LogP contribution in [0.25, 0.3) is 0 Å². The van der Waals surface area contributed by atoms with Gasteiger partial charge in [0.1, 0.15) is 0 Å². The Morgan fingerprint density at radius 2 is 2.25 bits per heavy atom. The first kappa shape index (κ1) is 13.3. The minimum absolute atomic E-state index is 0.364. The quantitative estimate of drug-likeness (QED) is 0.551. The number of nitrogens with one attached hydrogen (secondary N) is 2. The highest BCUT2D eigenvalue weighted by atomic mass is 16.5. The molecule has 2 N–H and O–H groups in total. The minimum Gasteiger partial charge on any atom is -0.376 e. The lowest BCUT2D eigenvalue weighted by Crippen LogP contribution is -2.41. The van der Waals surface area contributed by atoms with Gasteiger partial charge < -0.3 is 15.4 Å². The van der Waals surface area contributed by atoms with Gasteiger partial charge in [0.05, 0.1) is 6.10 Å². The topological polar surface area (TPSA) is 45.7 Å². The molecule has 1 aliphatic rings. The molecule has 0 aliphatic carbocycles. The summed E-state index contributed by atoms with van der Waals surface area (Å²) in [5, 5.41) is 6.61. The Morgan fingerprint density at radius 1 is 1.44 bits per heavy atom. The SMILES string of the molecule is CN=C(NCCC(C)C)NCC1CCCO1. The third-order valence-corrected chi connectivity index (χ3v) is 2.76. The van der Waals surface area contributed by atoms with Crippen LogP contribution in [-0.2, 0) is 4.74 Å². The van der Waals surface area contributed by atoms with Crippen molar-refractivity contribution in [1.82, 2.24) is 10.6 Å². The lowest BCUT2D eigenvalue weighted by atomic mass is 10.1. The van der Waals surface area contributed by atoms with E-state index in [1.165, 1.54) is 12.8 Å². The lowest BCUT2D eigenvalue weighted by molar-refractivity contribution is 0.114. The van der Waals surface area contributed by atoms with Crippen molar-refractivity contribution in [3.8, 4) is 0 Å². The Bertz CT molecular complexity index is 210. The smallest absolute Gasteiger partial charge is 0.191 e. The van der Waals surface area contributed by atoms with E-state index in [-0.39, 0.29) is 0 Å². The number of rotatable bonds is 5. The predicted molar refractivity (Wildman–Crippen MR) is 67.8 cm³/mol. The zero-order valence-corrected chi connectivity index (χ0v) is 10.8. The van der Waals surface area contributed by atoms with E-state index in [0.717, 1.165) is 38.0 Å². The average molecular weight is 227 g/mol. The molecule has 1 saturated heterocycles. The molecule has 4 nitrogen and oxygen atoms in total. The second-order valence-electron chi connectivity index (χ2n) is 4.70. The summed E-state index contributed by atoms with van der Waals surface area (Å²) < 4.78 is 5.55. The first-order valence-corrected chi connectivity index (χ1v) is 6.28. The Labute approximate surface area is 98.9 Å². The molecule has 0 radical (unpaired) electrons. The van der Waals surface area contributed by atoms with Gasteiger partial charge >= 0.3 is 0 Å². The highest BCUT2D eigenvalue weighted by Gasteiger charge is 2.15. The van der Waals surface area contributed by atoms with Crippen molar-refractivity contribution in [2.45, 2.75) is 39.2 Å². The molecule has 1 rings (SSSR count). The van der Waals surface area contributed by atoms with Gasteiger partial charge in [0.25, 0.3) is 0 Å². The van der Waals surface area contributed by atoms with E-state index in [2.05, 4.69) is 29.5 Å². The third-order valence-electron chi connectivity index (χ3n) is 2.76. The van der Waals surface area contributed by atoms with Gasteiger partial charge in [-0.2, -0.15) is 0 Å². The lowest BCUT2D eigenvalue weighted by Gasteiger charge is -2.15. The van der Waals surface area contributed by atoms with Crippen molar-refractivity contribution in [3.05, 3.63) is 0 Å². The van der Waals surface area contributed by atoms with E-state index in [9.17, 15) is 0 Å². The van der Waals surface area contributed by atoms with Gasteiger partial charge in [-0.05, 0) is 25.2 Å². The van der Waals surface area contributed by atoms with Crippen LogP contribution in [0.2, 0.25) is 0 Å². The number of nitrogens with zero attached hydrogens (tertiary/aromatic N) is 1. The number of ether oxygens (including phenoxy) is 1. The van der Waals surface area contributed by atoms with Crippen molar-refractivity contribution in [2.75, 3.05) is 26.7 Å². The molecule has 1 heterocycles. The molecule has 0 aromatic heterocycles. The molecular weight excluding hydrogens is 202 g/mol. The van der Waals surface area contributed by atoms with Crippen LogP contribution in [0, 0.1) is 5.92 Å². The Kier molecular flexibility index (Phi) is 6.23. The van der Waals surface area contributed by atoms with E-state index in [1.54, 1.807) is 7.05 Å². The van der Waals surface area contributed by atoms with Gasteiger partial charge in [0, 0.05) is 26.7 Å². The first-order valence-electron chi connectivity index (χ1n) is 6.28. The summed E-state index contributed by atoms with van der Waals surface area (Å²) in [6.45, 7) is 7.20. The molecule has 16 heavy (non-hydrogen) atoms. The molecule has 0 bridgehead atoms. The molecule has 1 fully saturated rings. The van der Waals surface area contributed by atoms with E-state index >= 15 is 0 Å². The monoisotopic (exact) mass is 227 g/mol. The second-order valence-corrected chi connectivity index (χ2v) is 4.70. The molecule has 0 aromatic rings. The summed E-state index contributed by atoms with van der Waals surface area (Å²) in [4.78, 5) is 4.18. The maximum Gasteiger partial charge on any atom is 0.191 e. The molecule has 1 aliphatic heterocycles. The average Bonchev–Trinajstić information content (AvgIpc) is 2.75. The molecular formula is C12H25N3O. The highest BCUT2D eigenvalue weighted by molar-refractivity contribution is 5.79. The van der Waals surface area contributed by atoms with Crippen LogP contribution in [0.15, 0.2) is 4.99 Å². The molecule has 0 saturated carbocycles. The zero-order chi connectivity index (χ0) is 11.8. The molecule has 1 atom stereocenters. The Balaban J connectivity index is 2.11. The van der Waals surface area contributed by atoms with Crippen molar-refractivity contribution >= 4 is 5.96 Å². The van der Waals surface area contributed by atoms with Crippen molar-refractivity contribution < 1.29 is 4.74 Å². The van der Waals surface area contributed by atoms with Gasteiger partial charge in [0.2, 0.25) is 0 Å². The Hall–Kier alpha value is -0.770. The maximum atomic E-state index is 5.55. The summed E-state index contributed by atoms with van der Waals surface area (Å²) >= 11 is 0. The summed E-state index contributed by atoms with van der Waals surface area (Å²) in [7, 11) is 1.81. The van der Waals surface area contributed by atoms with E-state index in [1.807, 2.05) is 0 Å². The van der Waals surface area contributed by atoms with Crippen LogP contribution in [0.4, 0.5) is 0 Å². The fraction of sp³-hybridized carbons (Fsp3) is 0.917. The summed E-state index contributed by atoms with van der Waals surface area (Å²) in [6.07, 6.45) is 3.88. The molecule has 0 amide bonds. The number of hydrogen-bond acceptors (Lipinski definition) is 2. The van der Waals surface area contributed by atoms with Crippen LogP contribution >= 0.6 is 0 Å². The van der Waals surface area contributed by atoms with Crippen LogP contribution in [0.5, 0.6) is 0 Å². The third kappa shape index (κ3) is 5.35. The van der Waals surface area contributed by atoms with Gasteiger partial charge in [-0.1, -0.05) is 13.8 Å². The van der Waals surface area contributed by atoms with Crippen LogP contribution in [0.1, 0.15) is 33.1 Å². The van der Waals surface area contributed by atoms with Crippen LogP contribution in [-0.4, -0.2) is 38.8 Å². The standard InChI is InChI=1S/C12H25N3O/c1-10(2)6-7-14-12(13-3)15-9-11-5-4-8-16-11/h10-11H,4-9H2,1-3H3,(H2,13,14,15). The predicted octanol–water partition coefficient (Wildman–Crippen LogP) is 1.38. The summed E-state index contributed by atoms with van der Waals surface area (Å²) in [5.41, 5.74) is 0. The molecule has 0 aromatic carbocycles. The summed E-state index contributed by atoms with van der Waals surface area (Å²) in [6, 6.07) is 0. The van der Waals surface area contributed by atoms with Crippen LogP contribution in [0.3, 0.4) is 0 Å². The number of hydrogen-bond donors (Lipinski definition) is 2. The highest BCUT2D eigenvalue weighted by Crippen LogP contribution is 2.10. The zero-order valence-electron chi connectivity index (χ0n) is 10.8. The van der Waals surface area contributed by atoms with Crippen LogP contribution < -0.4 is 10.6 Å². The largest absolute Gasteiger partial charge is 0.376 e. The number of guanidine groups is 1. The number of aliphatic imine (C=N–C) groups is 1. The minimum atomic E-state index is 0.364. The van der Waals surface area contributed by atoms with E-state index < -0.39 is 0 Å². The van der Waals surface area contributed by atoms with Crippen molar-refractivity contribution in [3.63, 3.8) is 0 Å². The van der Waals surface area contributed by atoms with E-state index in [4.69, 9.17) is 4.74 Å². The maximum absolute atomic E-state index is 5.55. The normalized spacial score (nSPS) is 21.5. The van der Waals surface area contributed by atoms with Gasteiger partial charge in [-0.3, -0.25) is 4.99 Å². The molecule has 0 spiro atoms.